The van der Waals surface area contributed by atoms with E-state index in [2.05, 4.69) is 46.7 Å². The van der Waals surface area contributed by atoms with E-state index in [9.17, 15) is 4.79 Å². The third-order valence-electron chi connectivity index (χ3n) is 5.35. The van der Waals surface area contributed by atoms with Crippen LogP contribution in [-0.2, 0) is 4.74 Å². The Morgan fingerprint density at radius 2 is 2.17 bits per heavy atom. The highest BCUT2D eigenvalue weighted by Gasteiger charge is 2.33. The minimum atomic E-state index is -0.667. The Labute approximate surface area is 182 Å². The van der Waals surface area contributed by atoms with Crippen molar-refractivity contribution in [2.75, 3.05) is 29.9 Å². The van der Waals surface area contributed by atoms with E-state index in [4.69, 9.17) is 22.1 Å². The molecular weight excluding hydrogens is 402 g/mol. The van der Waals surface area contributed by atoms with Crippen LogP contribution in [-0.4, -0.2) is 41.2 Å². The summed E-state index contributed by atoms with van der Waals surface area (Å²) < 4.78 is 6.09. The SMILES string of the molecule is C=CC1(OCCC)CCN(c2ccc(Nc3nc(Cl)cnc3C(N)=O)cc2C)CC1. The maximum Gasteiger partial charge on any atom is 0.271 e. The molecule has 0 radical (unpaired) electrons. The van der Waals surface area contributed by atoms with Crippen molar-refractivity contribution in [1.29, 1.82) is 0 Å². The van der Waals surface area contributed by atoms with Gasteiger partial charge in [-0.15, -0.1) is 6.58 Å². The van der Waals surface area contributed by atoms with Gasteiger partial charge in [0.15, 0.2) is 11.5 Å². The molecule has 0 unspecified atom stereocenters. The molecule has 0 bridgehead atoms. The number of anilines is 3. The molecule has 160 valence electrons. The first-order valence-corrected chi connectivity index (χ1v) is 10.5. The molecule has 2 aromatic rings. The van der Waals surface area contributed by atoms with Crippen LogP contribution >= 0.6 is 11.6 Å². The number of nitrogens with zero attached hydrogens (tertiary/aromatic N) is 3. The number of primary amides is 1. The Bertz CT molecular complexity index is 926. The number of halogens is 1. The van der Waals surface area contributed by atoms with E-state index in [0.717, 1.165) is 50.2 Å². The van der Waals surface area contributed by atoms with Crippen LogP contribution in [0.2, 0.25) is 5.15 Å². The van der Waals surface area contributed by atoms with Crippen LogP contribution in [0.3, 0.4) is 0 Å². The quantitative estimate of drug-likeness (QED) is 0.610. The fourth-order valence-corrected chi connectivity index (χ4v) is 3.83. The van der Waals surface area contributed by atoms with E-state index >= 15 is 0 Å². The number of ether oxygens (including phenoxy) is 1. The number of hydrogen-bond donors (Lipinski definition) is 2. The van der Waals surface area contributed by atoms with Crippen molar-refractivity contribution in [3.05, 3.63) is 53.5 Å². The molecule has 1 saturated heterocycles. The van der Waals surface area contributed by atoms with Crippen molar-refractivity contribution in [1.82, 2.24) is 9.97 Å². The number of aryl methyl sites for hydroxylation is 1. The zero-order chi connectivity index (χ0) is 21.7. The van der Waals surface area contributed by atoms with Gasteiger partial charge in [-0.3, -0.25) is 4.79 Å². The molecule has 0 saturated carbocycles. The average molecular weight is 430 g/mol. The first-order valence-electron chi connectivity index (χ1n) is 10.1. The zero-order valence-electron chi connectivity index (χ0n) is 17.4. The van der Waals surface area contributed by atoms with Gasteiger partial charge in [-0.1, -0.05) is 24.6 Å². The number of hydrogen-bond acceptors (Lipinski definition) is 6. The standard InChI is InChI=1S/C22H28ClN5O2/c1-4-12-30-22(5-2)8-10-28(11-9-22)17-7-6-16(13-15(17)3)26-21-19(20(24)29)25-14-18(23)27-21/h5-7,13-14H,2,4,8-12H2,1,3H3,(H2,24,29)(H,26,27). The summed E-state index contributed by atoms with van der Waals surface area (Å²) in [4.78, 5) is 22.1. The van der Waals surface area contributed by atoms with Gasteiger partial charge in [0.05, 0.1) is 11.8 Å². The summed E-state index contributed by atoms with van der Waals surface area (Å²) in [5, 5.41) is 3.28. The van der Waals surface area contributed by atoms with Gasteiger partial charge < -0.3 is 20.7 Å². The van der Waals surface area contributed by atoms with Gasteiger partial charge in [-0.25, -0.2) is 9.97 Å². The fourth-order valence-electron chi connectivity index (χ4n) is 3.70. The van der Waals surface area contributed by atoms with Crippen molar-refractivity contribution in [2.45, 2.75) is 38.7 Å². The second-order valence-electron chi connectivity index (χ2n) is 7.48. The first-order chi connectivity index (χ1) is 14.4. The molecule has 3 N–H and O–H groups in total. The highest BCUT2D eigenvalue weighted by atomic mass is 35.5. The van der Waals surface area contributed by atoms with Crippen molar-refractivity contribution >= 4 is 34.7 Å². The number of carbonyl (C=O) groups excluding carboxylic acids is 1. The third-order valence-corrected chi connectivity index (χ3v) is 5.53. The molecule has 0 spiro atoms. The summed E-state index contributed by atoms with van der Waals surface area (Å²) in [6, 6.07) is 6.01. The van der Waals surface area contributed by atoms with E-state index in [0.29, 0.717) is 0 Å². The third kappa shape index (κ3) is 4.91. The van der Waals surface area contributed by atoms with Crippen LogP contribution in [0, 0.1) is 6.92 Å². The monoisotopic (exact) mass is 429 g/mol. The number of nitrogens with one attached hydrogen (secondary N) is 1. The topological polar surface area (TPSA) is 93.4 Å². The lowest BCUT2D eigenvalue weighted by Gasteiger charge is -2.41. The number of amides is 1. The minimum absolute atomic E-state index is 0.0463. The molecule has 8 heteroatoms. The summed E-state index contributed by atoms with van der Waals surface area (Å²) in [7, 11) is 0. The lowest BCUT2D eigenvalue weighted by molar-refractivity contribution is -0.0243. The summed E-state index contributed by atoms with van der Waals surface area (Å²) in [6.07, 6.45) is 6.08. The van der Waals surface area contributed by atoms with Crippen LogP contribution in [0.25, 0.3) is 0 Å². The second kappa shape index (κ2) is 9.45. The molecular formula is C22H28ClN5O2. The van der Waals surface area contributed by atoms with Crippen molar-refractivity contribution < 1.29 is 9.53 Å². The normalized spacial score (nSPS) is 15.6. The molecule has 0 aliphatic carbocycles. The highest BCUT2D eigenvalue weighted by molar-refractivity contribution is 6.29. The van der Waals surface area contributed by atoms with Crippen LogP contribution in [0.4, 0.5) is 17.2 Å². The Balaban J connectivity index is 1.73. The van der Waals surface area contributed by atoms with Crippen molar-refractivity contribution in [2.24, 2.45) is 5.73 Å². The lowest BCUT2D eigenvalue weighted by atomic mass is 9.90. The Morgan fingerprint density at radius 3 is 2.77 bits per heavy atom. The molecule has 1 aliphatic heterocycles. The molecule has 1 amide bonds. The molecule has 3 rings (SSSR count). The smallest absolute Gasteiger partial charge is 0.271 e. The summed E-state index contributed by atoms with van der Waals surface area (Å²) in [6.45, 7) is 10.7. The van der Waals surface area contributed by atoms with E-state index in [1.807, 2.05) is 18.2 Å². The molecule has 30 heavy (non-hydrogen) atoms. The molecule has 1 fully saturated rings. The van der Waals surface area contributed by atoms with E-state index in [1.165, 1.54) is 11.9 Å². The molecule has 1 aliphatic rings. The molecule has 0 atom stereocenters. The summed E-state index contributed by atoms with van der Waals surface area (Å²) in [5.74, 6) is -0.428. The van der Waals surface area contributed by atoms with Crippen LogP contribution in [0.1, 0.15) is 42.2 Å². The maximum atomic E-state index is 11.6. The van der Waals surface area contributed by atoms with Crippen LogP contribution in [0.5, 0.6) is 0 Å². The largest absolute Gasteiger partial charge is 0.371 e. The predicted octanol–water partition coefficient (Wildman–Crippen LogP) is 4.23. The van der Waals surface area contributed by atoms with E-state index in [1.54, 1.807) is 0 Å². The molecule has 1 aromatic heterocycles. The molecule has 7 nitrogen and oxygen atoms in total. The zero-order valence-corrected chi connectivity index (χ0v) is 18.2. The molecule has 2 heterocycles. The Morgan fingerprint density at radius 1 is 1.43 bits per heavy atom. The van der Waals surface area contributed by atoms with Gasteiger partial charge in [0, 0.05) is 31.1 Å². The van der Waals surface area contributed by atoms with Crippen molar-refractivity contribution in [3.8, 4) is 0 Å². The molecule has 1 aromatic carbocycles. The van der Waals surface area contributed by atoms with Gasteiger partial charge >= 0.3 is 0 Å². The van der Waals surface area contributed by atoms with Crippen LogP contribution < -0.4 is 16.0 Å². The maximum absolute atomic E-state index is 11.6. The number of piperidine rings is 1. The number of aromatic nitrogens is 2. The Kier molecular flexibility index (Phi) is 6.95. The number of nitrogens with two attached hydrogens (primary N) is 1. The number of carbonyl (C=O) groups is 1. The minimum Gasteiger partial charge on any atom is -0.371 e. The second-order valence-corrected chi connectivity index (χ2v) is 7.87. The lowest BCUT2D eigenvalue weighted by Crippen LogP contribution is -2.45. The highest BCUT2D eigenvalue weighted by Crippen LogP contribution is 2.33. The van der Waals surface area contributed by atoms with Gasteiger partial charge in [0.1, 0.15) is 5.15 Å². The van der Waals surface area contributed by atoms with E-state index < -0.39 is 5.91 Å². The predicted molar refractivity (Wildman–Crippen MR) is 121 cm³/mol. The van der Waals surface area contributed by atoms with E-state index in [-0.39, 0.29) is 22.3 Å². The summed E-state index contributed by atoms with van der Waals surface area (Å²) >= 11 is 5.92. The number of rotatable bonds is 8. The fraction of sp³-hybridized carbons (Fsp3) is 0.409. The first kappa shape index (κ1) is 22.1. The van der Waals surface area contributed by atoms with Crippen LogP contribution in [0.15, 0.2) is 37.1 Å². The Hall–Kier alpha value is -2.64. The van der Waals surface area contributed by atoms with Gasteiger partial charge in [0.2, 0.25) is 0 Å². The van der Waals surface area contributed by atoms with Gasteiger partial charge in [0.25, 0.3) is 5.91 Å². The summed E-state index contributed by atoms with van der Waals surface area (Å²) in [5.41, 5.74) is 8.26. The van der Waals surface area contributed by atoms with Crippen molar-refractivity contribution in [3.63, 3.8) is 0 Å². The number of benzene rings is 1. The van der Waals surface area contributed by atoms with Gasteiger partial charge in [-0.2, -0.15) is 0 Å². The van der Waals surface area contributed by atoms with Gasteiger partial charge in [-0.05, 0) is 49.9 Å². The average Bonchev–Trinajstić information content (AvgIpc) is 2.73.